The second-order valence-electron chi connectivity index (χ2n) is 3.88. The van der Waals surface area contributed by atoms with Crippen LogP contribution >= 0.6 is 0 Å². The zero-order valence-electron chi connectivity index (χ0n) is 9.95. The molecule has 0 radical (unpaired) electrons. The molecule has 1 atom stereocenters. The Bertz CT molecular complexity index is 299. The van der Waals surface area contributed by atoms with Crippen LogP contribution in [0.25, 0.3) is 0 Å². The fraction of sp³-hybridized carbons (Fsp3) is 0.583. The molecule has 3 heteroatoms. The van der Waals surface area contributed by atoms with E-state index in [1.807, 2.05) is 6.07 Å². The molecular weight excluding hydrogens is 188 g/mol. The van der Waals surface area contributed by atoms with Gasteiger partial charge < -0.3 is 10.1 Å². The van der Waals surface area contributed by atoms with Crippen molar-refractivity contribution in [3.63, 3.8) is 0 Å². The SMILES string of the molecule is CCNC(c1cccnc1OC)C(C)C. The van der Waals surface area contributed by atoms with Gasteiger partial charge in [-0.1, -0.05) is 26.8 Å². The number of nitrogens with zero attached hydrogens (tertiary/aromatic N) is 1. The lowest BCUT2D eigenvalue weighted by Crippen LogP contribution is -2.26. The number of nitrogens with one attached hydrogen (secondary N) is 1. The summed E-state index contributed by atoms with van der Waals surface area (Å²) in [5.41, 5.74) is 1.14. The number of methoxy groups -OCH3 is 1. The number of hydrogen-bond acceptors (Lipinski definition) is 3. The van der Waals surface area contributed by atoms with Crippen LogP contribution in [-0.2, 0) is 0 Å². The first-order chi connectivity index (χ1) is 7.20. The third-order valence-electron chi connectivity index (χ3n) is 2.42. The maximum atomic E-state index is 5.27. The van der Waals surface area contributed by atoms with E-state index in [-0.39, 0.29) is 0 Å². The quantitative estimate of drug-likeness (QED) is 0.806. The van der Waals surface area contributed by atoms with E-state index in [9.17, 15) is 0 Å². The molecule has 0 bridgehead atoms. The van der Waals surface area contributed by atoms with E-state index in [1.54, 1.807) is 13.3 Å². The van der Waals surface area contributed by atoms with Crippen molar-refractivity contribution >= 4 is 0 Å². The molecular formula is C12H20N2O. The molecule has 1 unspecified atom stereocenters. The van der Waals surface area contributed by atoms with Crippen molar-refractivity contribution < 1.29 is 4.74 Å². The maximum Gasteiger partial charge on any atom is 0.217 e. The average molecular weight is 208 g/mol. The average Bonchev–Trinajstić information content (AvgIpc) is 2.25. The summed E-state index contributed by atoms with van der Waals surface area (Å²) in [7, 11) is 1.66. The van der Waals surface area contributed by atoms with Gasteiger partial charge >= 0.3 is 0 Å². The molecule has 0 amide bonds. The highest BCUT2D eigenvalue weighted by atomic mass is 16.5. The van der Waals surface area contributed by atoms with E-state index in [2.05, 4.69) is 37.1 Å². The zero-order chi connectivity index (χ0) is 11.3. The van der Waals surface area contributed by atoms with Crippen LogP contribution in [0.15, 0.2) is 18.3 Å². The summed E-state index contributed by atoms with van der Waals surface area (Å²) in [6.07, 6.45) is 1.76. The van der Waals surface area contributed by atoms with Crippen LogP contribution in [0, 0.1) is 5.92 Å². The summed E-state index contributed by atoms with van der Waals surface area (Å²) in [6.45, 7) is 7.44. The van der Waals surface area contributed by atoms with Gasteiger partial charge in [0.2, 0.25) is 5.88 Å². The van der Waals surface area contributed by atoms with Crippen LogP contribution < -0.4 is 10.1 Å². The maximum absolute atomic E-state index is 5.27. The summed E-state index contributed by atoms with van der Waals surface area (Å²) in [5, 5.41) is 3.45. The summed E-state index contributed by atoms with van der Waals surface area (Å²) in [5.74, 6) is 1.24. The molecule has 0 saturated heterocycles. The number of pyridine rings is 1. The van der Waals surface area contributed by atoms with Crippen LogP contribution in [0.1, 0.15) is 32.4 Å². The summed E-state index contributed by atoms with van der Waals surface area (Å²) < 4.78 is 5.27. The second kappa shape index (κ2) is 5.71. The fourth-order valence-corrected chi connectivity index (χ4v) is 1.74. The number of hydrogen-bond donors (Lipinski definition) is 1. The Morgan fingerprint density at radius 2 is 2.20 bits per heavy atom. The van der Waals surface area contributed by atoms with Gasteiger partial charge in [0.15, 0.2) is 0 Å². The van der Waals surface area contributed by atoms with E-state index in [1.165, 1.54) is 0 Å². The van der Waals surface area contributed by atoms with Gasteiger partial charge in [-0.15, -0.1) is 0 Å². The first-order valence-electron chi connectivity index (χ1n) is 5.43. The van der Waals surface area contributed by atoms with Crippen LogP contribution in [0.5, 0.6) is 5.88 Å². The predicted octanol–water partition coefficient (Wildman–Crippen LogP) is 2.40. The van der Waals surface area contributed by atoms with Gasteiger partial charge in [-0.05, 0) is 18.5 Å². The molecule has 0 aliphatic carbocycles. The van der Waals surface area contributed by atoms with E-state index in [0.717, 1.165) is 18.0 Å². The molecule has 0 aliphatic heterocycles. The fourth-order valence-electron chi connectivity index (χ4n) is 1.74. The normalized spacial score (nSPS) is 12.9. The van der Waals surface area contributed by atoms with Gasteiger partial charge in [-0.25, -0.2) is 4.98 Å². The van der Waals surface area contributed by atoms with Crippen LogP contribution in [0.2, 0.25) is 0 Å². The predicted molar refractivity (Wildman–Crippen MR) is 62.0 cm³/mol. The molecule has 1 heterocycles. The standard InChI is InChI=1S/C12H20N2O/c1-5-13-11(9(2)3)10-7-6-8-14-12(10)15-4/h6-9,11,13H,5H2,1-4H3. The van der Waals surface area contributed by atoms with Gasteiger partial charge in [0.05, 0.1) is 7.11 Å². The van der Waals surface area contributed by atoms with Crippen LogP contribution in [-0.4, -0.2) is 18.6 Å². The molecule has 0 aliphatic rings. The van der Waals surface area contributed by atoms with Crippen molar-refractivity contribution in [1.29, 1.82) is 0 Å². The van der Waals surface area contributed by atoms with Crippen molar-refractivity contribution in [2.24, 2.45) is 5.92 Å². The Kier molecular flexibility index (Phi) is 4.56. The summed E-state index contributed by atoms with van der Waals surface area (Å²) in [4.78, 5) is 4.22. The van der Waals surface area contributed by atoms with Crippen LogP contribution in [0.3, 0.4) is 0 Å². The van der Waals surface area contributed by atoms with Gasteiger partial charge in [0.1, 0.15) is 0 Å². The lowest BCUT2D eigenvalue weighted by Gasteiger charge is -2.23. The first-order valence-corrected chi connectivity index (χ1v) is 5.43. The van der Waals surface area contributed by atoms with Gasteiger partial charge in [-0.3, -0.25) is 0 Å². The third-order valence-corrected chi connectivity index (χ3v) is 2.42. The molecule has 15 heavy (non-hydrogen) atoms. The first kappa shape index (κ1) is 12.0. The van der Waals surface area contributed by atoms with Crippen LogP contribution in [0.4, 0.5) is 0 Å². The largest absolute Gasteiger partial charge is 0.481 e. The molecule has 0 saturated carbocycles. The van der Waals surface area contributed by atoms with E-state index < -0.39 is 0 Å². The monoisotopic (exact) mass is 208 g/mol. The van der Waals surface area contributed by atoms with Crippen molar-refractivity contribution in [1.82, 2.24) is 10.3 Å². The number of rotatable bonds is 5. The lowest BCUT2D eigenvalue weighted by atomic mass is 9.97. The molecule has 0 fully saturated rings. The third kappa shape index (κ3) is 2.93. The Morgan fingerprint density at radius 1 is 1.47 bits per heavy atom. The molecule has 1 aromatic heterocycles. The second-order valence-corrected chi connectivity index (χ2v) is 3.88. The van der Waals surface area contributed by atoms with Crippen molar-refractivity contribution in [2.75, 3.05) is 13.7 Å². The molecule has 1 N–H and O–H groups in total. The molecule has 0 spiro atoms. The Morgan fingerprint density at radius 3 is 2.73 bits per heavy atom. The molecule has 1 aromatic rings. The summed E-state index contributed by atoms with van der Waals surface area (Å²) >= 11 is 0. The van der Waals surface area contributed by atoms with Crippen molar-refractivity contribution in [3.05, 3.63) is 23.9 Å². The lowest BCUT2D eigenvalue weighted by molar-refractivity contribution is 0.362. The topological polar surface area (TPSA) is 34.2 Å². The number of aromatic nitrogens is 1. The highest BCUT2D eigenvalue weighted by Crippen LogP contribution is 2.27. The smallest absolute Gasteiger partial charge is 0.217 e. The minimum atomic E-state index is 0.304. The van der Waals surface area contributed by atoms with Gasteiger partial charge in [0, 0.05) is 17.8 Å². The van der Waals surface area contributed by atoms with E-state index in [0.29, 0.717) is 12.0 Å². The zero-order valence-corrected chi connectivity index (χ0v) is 9.95. The van der Waals surface area contributed by atoms with Crippen molar-refractivity contribution in [3.8, 4) is 5.88 Å². The highest BCUT2D eigenvalue weighted by molar-refractivity contribution is 5.29. The van der Waals surface area contributed by atoms with E-state index >= 15 is 0 Å². The molecule has 0 aromatic carbocycles. The van der Waals surface area contributed by atoms with E-state index in [4.69, 9.17) is 4.74 Å². The molecule has 3 nitrogen and oxygen atoms in total. The van der Waals surface area contributed by atoms with Gasteiger partial charge in [-0.2, -0.15) is 0 Å². The Labute approximate surface area is 91.9 Å². The van der Waals surface area contributed by atoms with Gasteiger partial charge in [0.25, 0.3) is 0 Å². The molecule has 1 rings (SSSR count). The van der Waals surface area contributed by atoms with Crippen molar-refractivity contribution in [2.45, 2.75) is 26.8 Å². The number of ether oxygens (including phenoxy) is 1. The molecule has 84 valence electrons. The Balaban J connectivity index is 2.98. The summed E-state index contributed by atoms with van der Waals surface area (Å²) in [6, 6.07) is 4.32. The minimum absolute atomic E-state index is 0.304. The Hall–Kier alpha value is -1.09. The minimum Gasteiger partial charge on any atom is -0.481 e. The highest BCUT2D eigenvalue weighted by Gasteiger charge is 2.18.